The van der Waals surface area contributed by atoms with Crippen molar-refractivity contribution in [2.24, 2.45) is 10.9 Å². The van der Waals surface area contributed by atoms with Crippen LogP contribution in [-0.2, 0) is 17.9 Å². The van der Waals surface area contributed by atoms with E-state index in [-0.39, 0.29) is 29.9 Å². The fraction of sp³-hybridized carbons (Fsp3) is 0.391. The van der Waals surface area contributed by atoms with Crippen LogP contribution in [0.15, 0.2) is 47.5 Å². The molecule has 3 N–H and O–H groups in total. The highest BCUT2D eigenvalue weighted by Gasteiger charge is 2.08. The van der Waals surface area contributed by atoms with E-state index in [0.29, 0.717) is 31.4 Å². The van der Waals surface area contributed by atoms with Crippen LogP contribution in [0.1, 0.15) is 31.4 Å². The Kier molecular flexibility index (Phi) is 11.8. The zero-order valence-electron chi connectivity index (χ0n) is 18.8. The predicted molar refractivity (Wildman–Crippen MR) is 137 cm³/mol. The first-order valence-corrected chi connectivity index (χ1v) is 9.99. The van der Waals surface area contributed by atoms with E-state index in [1.54, 1.807) is 21.3 Å². The normalized spacial score (nSPS) is 10.8. The first-order chi connectivity index (χ1) is 14.4. The molecule has 0 aliphatic heterocycles. The quantitative estimate of drug-likeness (QED) is 0.253. The summed E-state index contributed by atoms with van der Waals surface area (Å²) in [4.78, 5) is 16.3. The number of benzene rings is 2. The molecule has 2 aromatic carbocycles. The number of carbonyl (C=O) groups is 1. The van der Waals surface area contributed by atoms with Gasteiger partial charge in [-0.25, -0.2) is 0 Å². The van der Waals surface area contributed by atoms with Crippen LogP contribution in [0.3, 0.4) is 0 Å². The summed E-state index contributed by atoms with van der Waals surface area (Å²) < 4.78 is 10.7. The van der Waals surface area contributed by atoms with Gasteiger partial charge < -0.3 is 25.4 Å². The molecule has 0 spiro atoms. The highest BCUT2D eigenvalue weighted by Crippen LogP contribution is 2.24. The Bertz CT molecular complexity index is 872. The highest BCUT2D eigenvalue weighted by atomic mass is 127. The number of rotatable bonds is 9. The number of methoxy groups -OCH3 is 2. The van der Waals surface area contributed by atoms with Gasteiger partial charge in [0.15, 0.2) is 5.96 Å². The van der Waals surface area contributed by atoms with Crippen LogP contribution < -0.4 is 25.4 Å². The molecule has 0 unspecified atom stereocenters. The molecule has 0 radical (unpaired) electrons. The number of hydrogen-bond donors (Lipinski definition) is 3. The molecule has 0 saturated carbocycles. The van der Waals surface area contributed by atoms with E-state index in [1.807, 2.05) is 56.3 Å². The number of aliphatic imine (C=N–C) groups is 1. The van der Waals surface area contributed by atoms with Crippen molar-refractivity contribution < 1.29 is 14.3 Å². The number of guanidine groups is 1. The Morgan fingerprint density at radius 1 is 1.03 bits per heavy atom. The molecule has 0 heterocycles. The van der Waals surface area contributed by atoms with E-state index in [4.69, 9.17) is 9.47 Å². The van der Waals surface area contributed by atoms with Crippen molar-refractivity contribution in [3.05, 3.63) is 53.6 Å². The first-order valence-electron chi connectivity index (χ1n) is 9.99. The van der Waals surface area contributed by atoms with Crippen molar-refractivity contribution in [2.75, 3.05) is 26.6 Å². The Balaban J connectivity index is 0.00000480. The van der Waals surface area contributed by atoms with Crippen molar-refractivity contribution >= 4 is 41.5 Å². The second-order valence-corrected chi connectivity index (χ2v) is 7.30. The molecule has 0 atom stereocenters. The monoisotopic (exact) mass is 540 g/mol. The third-order valence-corrected chi connectivity index (χ3v) is 4.43. The maximum atomic E-state index is 12.0. The van der Waals surface area contributed by atoms with Crippen LogP contribution in [0.4, 0.5) is 5.69 Å². The molecule has 0 aromatic heterocycles. The summed E-state index contributed by atoms with van der Waals surface area (Å²) in [6.45, 7) is 5.19. The van der Waals surface area contributed by atoms with Gasteiger partial charge in [0.2, 0.25) is 5.91 Å². The fourth-order valence-corrected chi connectivity index (χ4v) is 2.93. The molecule has 2 rings (SSSR count). The number of ether oxygens (including phenoxy) is 2. The summed E-state index contributed by atoms with van der Waals surface area (Å²) >= 11 is 0. The van der Waals surface area contributed by atoms with E-state index in [0.717, 1.165) is 28.3 Å². The van der Waals surface area contributed by atoms with Crippen LogP contribution in [0.2, 0.25) is 0 Å². The van der Waals surface area contributed by atoms with Gasteiger partial charge in [0.05, 0.1) is 14.2 Å². The lowest BCUT2D eigenvalue weighted by atomic mass is 10.1. The average molecular weight is 540 g/mol. The third-order valence-electron chi connectivity index (χ3n) is 4.43. The second kappa shape index (κ2) is 13.7. The standard InChI is InChI=1S/C23H32N4O3.HI/c1-16(2)11-22(28)27-19-8-6-7-17(12-19)14-25-23(24-3)26-15-18-9-10-20(29-4)13-21(18)30-5;/h6-10,12-13,16H,11,14-15H2,1-5H3,(H,27,28)(H2,24,25,26);1H. The van der Waals surface area contributed by atoms with E-state index in [2.05, 4.69) is 20.9 Å². The van der Waals surface area contributed by atoms with Crippen LogP contribution in [-0.4, -0.2) is 33.1 Å². The van der Waals surface area contributed by atoms with Gasteiger partial charge in [-0.1, -0.05) is 26.0 Å². The number of anilines is 1. The molecular formula is C23H33IN4O3. The summed E-state index contributed by atoms with van der Waals surface area (Å²) in [6, 6.07) is 13.5. The SMILES string of the molecule is CN=C(NCc1cccc(NC(=O)CC(C)C)c1)NCc1ccc(OC)cc1OC.I. The van der Waals surface area contributed by atoms with E-state index in [9.17, 15) is 4.79 Å². The van der Waals surface area contributed by atoms with Gasteiger partial charge in [-0.05, 0) is 35.7 Å². The second-order valence-electron chi connectivity index (χ2n) is 7.30. The van der Waals surface area contributed by atoms with Gasteiger partial charge in [-0.15, -0.1) is 24.0 Å². The molecule has 0 bridgehead atoms. The van der Waals surface area contributed by atoms with Crippen LogP contribution in [0.5, 0.6) is 11.5 Å². The first kappa shape index (κ1) is 26.5. The number of nitrogens with one attached hydrogen (secondary N) is 3. The van der Waals surface area contributed by atoms with Crippen molar-refractivity contribution in [1.82, 2.24) is 10.6 Å². The number of amides is 1. The van der Waals surface area contributed by atoms with Gasteiger partial charge in [-0.3, -0.25) is 9.79 Å². The summed E-state index contributed by atoms with van der Waals surface area (Å²) in [5.74, 6) is 2.53. The van der Waals surface area contributed by atoms with Crippen molar-refractivity contribution in [1.29, 1.82) is 0 Å². The number of halogens is 1. The summed E-state index contributed by atoms with van der Waals surface area (Å²) in [5, 5.41) is 9.52. The molecule has 0 fully saturated rings. The Hall–Kier alpha value is -2.49. The van der Waals surface area contributed by atoms with E-state index in [1.165, 1.54) is 0 Å². The predicted octanol–water partition coefficient (Wildman–Crippen LogP) is 4.17. The largest absolute Gasteiger partial charge is 0.497 e. The van der Waals surface area contributed by atoms with E-state index < -0.39 is 0 Å². The zero-order valence-corrected chi connectivity index (χ0v) is 21.2. The Morgan fingerprint density at radius 2 is 1.77 bits per heavy atom. The summed E-state index contributed by atoms with van der Waals surface area (Å²) in [5.41, 5.74) is 2.84. The van der Waals surface area contributed by atoms with Crippen molar-refractivity contribution in [2.45, 2.75) is 33.4 Å². The molecule has 170 valence electrons. The van der Waals surface area contributed by atoms with Gasteiger partial charge in [0.1, 0.15) is 11.5 Å². The molecular weight excluding hydrogens is 507 g/mol. The Morgan fingerprint density at radius 3 is 2.42 bits per heavy atom. The number of carbonyl (C=O) groups excluding carboxylic acids is 1. The molecule has 7 nitrogen and oxygen atoms in total. The van der Waals surface area contributed by atoms with Gasteiger partial charge in [0, 0.05) is 43.9 Å². The minimum atomic E-state index is 0. The maximum Gasteiger partial charge on any atom is 0.224 e. The molecule has 8 heteroatoms. The summed E-state index contributed by atoms with van der Waals surface area (Å²) in [6.07, 6.45) is 0.508. The van der Waals surface area contributed by atoms with Gasteiger partial charge in [0.25, 0.3) is 0 Å². The fourth-order valence-electron chi connectivity index (χ4n) is 2.93. The van der Waals surface area contributed by atoms with Crippen molar-refractivity contribution in [3.8, 4) is 11.5 Å². The van der Waals surface area contributed by atoms with Gasteiger partial charge in [-0.2, -0.15) is 0 Å². The van der Waals surface area contributed by atoms with Crippen molar-refractivity contribution in [3.63, 3.8) is 0 Å². The molecule has 1 amide bonds. The lowest BCUT2D eigenvalue weighted by Crippen LogP contribution is -2.36. The summed E-state index contributed by atoms with van der Waals surface area (Å²) in [7, 11) is 4.99. The maximum absolute atomic E-state index is 12.0. The average Bonchev–Trinajstić information content (AvgIpc) is 2.73. The minimum Gasteiger partial charge on any atom is -0.497 e. The lowest BCUT2D eigenvalue weighted by molar-refractivity contribution is -0.116. The van der Waals surface area contributed by atoms with Crippen LogP contribution >= 0.6 is 24.0 Å². The van der Waals surface area contributed by atoms with E-state index >= 15 is 0 Å². The number of hydrogen-bond acceptors (Lipinski definition) is 4. The third kappa shape index (κ3) is 9.04. The molecule has 0 saturated heterocycles. The Labute approximate surface area is 202 Å². The molecule has 31 heavy (non-hydrogen) atoms. The van der Waals surface area contributed by atoms with Crippen LogP contribution in [0.25, 0.3) is 0 Å². The zero-order chi connectivity index (χ0) is 21.9. The minimum absolute atomic E-state index is 0. The molecule has 2 aromatic rings. The lowest BCUT2D eigenvalue weighted by Gasteiger charge is -2.15. The number of nitrogens with zero attached hydrogens (tertiary/aromatic N) is 1. The topological polar surface area (TPSA) is 84.0 Å². The van der Waals surface area contributed by atoms with Gasteiger partial charge >= 0.3 is 0 Å². The highest BCUT2D eigenvalue weighted by molar-refractivity contribution is 14.0. The molecule has 0 aliphatic carbocycles. The van der Waals surface area contributed by atoms with Crippen LogP contribution in [0, 0.1) is 5.92 Å². The molecule has 0 aliphatic rings. The smallest absolute Gasteiger partial charge is 0.224 e.